The number of nitrogens with zero attached hydrogens (tertiary/aromatic N) is 5. The minimum Gasteiger partial charge on any atom is -0.369 e. The van der Waals surface area contributed by atoms with E-state index in [1.165, 1.54) is 29.9 Å². The number of aromatic nitrogens is 3. The second-order valence-electron chi connectivity index (χ2n) is 7.64. The number of rotatable bonds is 5. The van der Waals surface area contributed by atoms with E-state index in [1.54, 1.807) is 10.9 Å². The summed E-state index contributed by atoms with van der Waals surface area (Å²) in [6.07, 6.45) is 6.15. The lowest BCUT2D eigenvalue weighted by molar-refractivity contribution is 0.250. The molecule has 3 heterocycles. The molecule has 2 aromatic heterocycles. The van der Waals surface area contributed by atoms with Crippen LogP contribution in [0.1, 0.15) is 18.4 Å². The van der Waals surface area contributed by atoms with Gasteiger partial charge in [0, 0.05) is 56.5 Å². The average molecular weight is 382 g/mol. The zero-order valence-electron chi connectivity index (χ0n) is 15.3. The van der Waals surface area contributed by atoms with Crippen LogP contribution in [0.4, 0.5) is 5.69 Å². The first-order valence-electron chi connectivity index (χ1n) is 9.61. The summed E-state index contributed by atoms with van der Waals surface area (Å²) in [4.78, 5) is 22.1. The van der Waals surface area contributed by atoms with Gasteiger partial charge >= 0.3 is 0 Å². The second kappa shape index (κ2) is 7.05. The van der Waals surface area contributed by atoms with E-state index in [1.807, 2.05) is 12.3 Å². The van der Waals surface area contributed by atoms with E-state index >= 15 is 0 Å². The first kappa shape index (κ1) is 16.9. The van der Waals surface area contributed by atoms with E-state index in [-0.39, 0.29) is 5.56 Å². The summed E-state index contributed by atoms with van der Waals surface area (Å²) < 4.78 is 5.96. The van der Waals surface area contributed by atoms with Gasteiger partial charge in [0.1, 0.15) is 0 Å². The van der Waals surface area contributed by atoms with Crippen LogP contribution >= 0.6 is 11.5 Å². The van der Waals surface area contributed by atoms with Gasteiger partial charge in [-0.3, -0.25) is 14.3 Å². The molecular formula is C20H23N5OS. The Morgan fingerprint density at radius 3 is 2.74 bits per heavy atom. The van der Waals surface area contributed by atoms with Crippen molar-refractivity contribution < 1.29 is 0 Å². The number of hydrogen-bond acceptors (Lipinski definition) is 6. The van der Waals surface area contributed by atoms with Gasteiger partial charge in [0.2, 0.25) is 0 Å². The topological polar surface area (TPSA) is 54.3 Å². The maximum absolute atomic E-state index is 12.7. The number of anilines is 1. The predicted octanol–water partition coefficient (Wildman–Crippen LogP) is 2.59. The molecule has 1 aliphatic carbocycles. The van der Waals surface area contributed by atoms with E-state index < -0.39 is 0 Å². The molecule has 1 saturated carbocycles. The molecule has 0 spiro atoms. The van der Waals surface area contributed by atoms with Crippen LogP contribution in [0.3, 0.4) is 0 Å². The van der Waals surface area contributed by atoms with Gasteiger partial charge in [-0.2, -0.15) is 0 Å². The molecule has 0 amide bonds. The number of benzene rings is 1. The highest BCUT2D eigenvalue weighted by Gasteiger charge is 2.23. The van der Waals surface area contributed by atoms with Gasteiger partial charge in [0.15, 0.2) is 0 Å². The quantitative estimate of drug-likeness (QED) is 0.680. The van der Waals surface area contributed by atoms with Crippen molar-refractivity contribution >= 4 is 28.1 Å². The lowest BCUT2D eigenvalue weighted by atomic mass is 10.2. The molecule has 27 heavy (non-hydrogen) atoms. The third-order valence-corrected chi connectivity index (χ3v) is 6.22. The van der Waals surface area contributed by atoms with Gasteiger partial charge in [-0.25, -0.2) is 9.36 Å². The zero-order chi connectivity index (χ0) is 18.2. The molecule has 1 aromatic carbocycles. The van der Waals surface area contributed by atoms with E-state index in [0.29, 0.717) is 5.92 Å². The van der Waals surface area contributed by atoms with Crippen molar-refractivity contribution in [3.63, 3.8) is 0 Å². The van der Waals surface area contributed by atoms with Crippen molar-refractivity contribution in [1.82, 2.24) is 18.8 Å². The third-order valence-electron chi connectivity index (χ3n) is 5.59. The van der Waals surface area contributed by atoms with Crippen molar-refractivity contribution in [2.45, 2.75) is 25.9 Å². The fraction of sp³-hybridized carbons (Fsp3) is 0.450. The lowest BCUT2D eigenvalue weighted by Crippen LogP contribution is -2.45. The number of piperazine rings is 1. The van der Waals surface area contributed by atoms with Crippen LogP contribution in [-0.2, 0) is 13.1 Å². The number of hydrogen-bond donors (Lipinski definition) is 0. The highest BCUT2D eigenvalue weighted by molar-refractivity contribution is 7.03. The molecule has 140 valence electrons. The van der Waals surface area contributed by atoms with Crippen LogP contribution in [-0.4, -0.2) is 45.0 Å². The monoisotopic (exact) mass is 381 g/mol. The van der Waals surface area contributed by atoms with Gasteiger partial charge < -0.3 is 4.90 Å². The largest absolute Gasteiger partial charge is 0.369 e. The third kappa shape index (κ3) is 3.61. The maximum atomic E-state index is 12.7. The summed E-state index contributed by atoms with van der Waals surface area (Å²) >= 11 is 1.51. The van der Waals surface area contributed by atoms with Gasteiger partial charge in [0.05, 0.1) is 17.2 Å². The molecule has 1 saturated heterocycles. The fourth-order valence-electron chi connectivity index (χ4n) is 3.78. The molecule has 0 N–H and O–H groups in total. The van der Waals surface area contributed by atoms with Crippen molar-refractivity contribution in [1.29, 1.82) is 0 Å². The van der Waals surface area contributed by atoms with Crippen LogP contribution in [0, 0.1) is 5.92 Å². The molecule has 2 fully saturated rings. The molecule has 0 bridgehead atoms. The average Bonchev–Trinajstić information content (AvgIpc) is 3.37. The Hall–Kier alpha value is -2.25. The Bertz CT molecular complexity index is 987. The Balaban J connectivity index is 1.30. The first-order chi connectivity index (χ1) is 13.3. The minimum atomic E-state index is 0.0904. The van der Waals surface area contributed by atoms with Crippen LogP contribution in [0.25, 0.3) is 10.9 Å². The fourth-order valence-corrected chi connectivity index (χ4v) is 4.31. The molecule has 6 nitrogen and oxygen atoms in total. The molecule has 0 unspecified atom stereocenters. The first-order valence-corrected chi connectivity index (χ1v) is 10.4. The van der Waals surface area contributed by atoms with E-state index in [2.05, 4.69) is 36.7 Å². The summed E-state index contributed by atoms with van der Waals surface area (Å²) in [6, 6.07) is 6.09. The Morgan fingerprint density at radius 1 is 1.15 bits per heavy atom. The van der Waals surface area contributed by atoms with Crippen LogP contribution in [0.2, 0.25) is 0 Å². The van der Waals surface area contributed by atoms with Gasteiger partial charge in [-0.1, -0.05) is 0 Å². The normalized spacial score (nSPS) is 18.3. The van der Waals surface area contributed by atoms with E-state index in [9.17, 15) is 4.79 Å². The summed E-state index contributed by atoms with van der Waals surface area (Å²) in [7, 11) is 0. The summed E-state index contributed by atoms with van der Waals surface area (Å²) in [5, 5.41) is 2.85. The van der Waals surface area contributed by atoms with Gasteiger partial charge in [-0.15, -0.1) is 0 Å². The molecule has 1 aliphatic heterocycles. The Kier molecular flexibility index (Phi) is 4.41. The van der Waals surface area contributed by atoms with Crippen molar-refractivity contribution in [2.24, 2.45) is 5.92 Å². The van der Waals surface area contributed by atoms with E-state index in [0.717, 1.165) is 55.9 Å². The van der Waals surface area contributed by atoms with Gasteiger partial charge in [-0.05, 0) is 54.1 Å². The van der Waals surface area contributed by atoms with Gasteiger partial charge in [0.25, 0.3) is 5.56 Å². The molecule has 3 aromatic rings. The lowest BCUT2D eigenvalue weighted by Gasteiger charge is -2.36. The maximum Gasteiger partial charge on any atom is 0.261 e. The van der Waals surface area contributed by atoms with Crippen LogP contribution < -0.4 is 10.5 Å². The minimum absolute atomic E-state index is 0.0904. The van der Waals surface area contributed by atoms with Crippen molar-refractivity contribution in [2.75, 3.05) is 31.1 Å². The molecule has 5 rings (SSSR count). The second-order valence-corrected chi connectivity index (χ2v) is 8.30. The van der Waals surface area contributed by atoms with Crippen molar-refractivity contribution in [3.8, 4) is 0 Å². The SMILES string of the molecule is O=c1c2ccc(N3CCN(Cc4cnsc4)CC3)cc2ncn1CC1CC1. The zero-order valence-corrected chi connectivity index (χ0v) is 16.1. The summed E-state index contributed by atoms with van der Waals surface area (Å²) in [5.41, 5.74) is 3.35. The molecule has 0 radical (unpaired) electrons. The Morgan fingerprint density at radius 2 is 2.00 bits per heavy atom. The standard InChI is InChI=1S/C20H23N5OS/c26-20-18-4-3-17(9-19(18)21-14-25(20)12-15-1-2-15)24-7-5-23(6-8-24)11-16-10-22-27-13-16/h3-4,9-10,13-15H,1-2,5-8,11-12H2. The van der Waals surface area contributed by atoms with Crippen LogP contribution in [0.5, 0.6) is 0 Å². The molecule has 2 aliphatic rings. The molecule has 7 heteroatoms. The molecule has 0 atom stereocenters. The van der Waals surface area contributed by atoms with E-state index in [4.69, 9.17) is 0 Å². The summed E-state index contributed by atoms with van der Waals surface area (Å²) in [5.74, 6) is 0.669. The predicted molar refractivity (Wildman–Crippen MR) is 108 cm³/mol. The molecular weight excluding hydrogens is 358 g/mol. The van der Waals surface area contributed by atoms with Crippen molar-refractivity contribution in [3.05, 3.63) is 52.0 Å². The highest BCUT2D eigenvalue weighted by Crippen LogP contribution is 2.30. The highest BCUT2D eigenvalue weighted by atomic mass is 32.1. The van der Waals surface area contributed by atoms with Crippen LogP contribution in [0.15, 0.2) is 40.9 Å². The Labute approximate surface area is 162 Å². The smallest absolute Gasteiger partial charge is 0.261 e. The number of fused-ring (bicyclic) bond motifs is 1. The summed E-state index contributed by atoms with van der Waals surface area (Å²) in [6.45, 7) is 5.83.